The van der Waals surface area contributed by atoms with Gasteiger partial charge >= 0.3 is 5.97 Å². The predicted octanol–water partition coefficient (Wildman–Crippen LogP) is 2.79. The van der Waals surface area contributed by atoms with E-state index in [0.717, 1.165) is 24.1 Å². The number of ketones is 1. The Morgan fingerprint density at radius 3 is 2.54 bits per heavy atom. The molecule has 24 heavy (non-hydrogen) atoms. The van der Waals surface area contributed by atoms with Crippen molar-refractivity contribution in [2.45, 2.75) is 26.3 Å². The van der Waals surface area contributed by atoms with Crippen molar-refractivity contribution in [2.24, 2.45) is 17.8 Å². The quantitative estimate of drug-likeness (QED) is 0.780. The number of nitrogens with zero attached hydrogens (tertiary/aromatic N) is 1. The summed E-state index contributed by atoms with van der Waals surface area (Å²) in [6, 6.07) is 9.59. The van der Waals surface area contributed by atoms with Crippen molar-refractivity contribution in [3.05, 3.63) is 42.0 Å². The van der Waals surface area contributed by atoms with Gasteiger partial charge in [0.1, 0.15) is 6.04 Å². The van der Waals surface area contributed by atoms with Crippen molar-refractivity contribution in [1.29, 1.82) is 0 Å². The molecule has 0 radical (unpaired) electrons. The fraction of sp³-hybridized carbons (Fsp3) is 0.500. The van der Waals surface area contributed by atoms with Crippen molar-refractivity contribution in [2.75, 3.05) is 20.2 Å². The highest BCUT2D eigenvalue weighted by Gasteiger charge is 2.45. The predicted molar refractivity (Wildman–Crippen MR) is 93.2 cm³/mol. The van der Waals surface area contributed by atoms with E-state index < -0.39 is 0 Å². The minimum atomic E-state index is -0.248. The van der Waals surface area contributed by atoms with Crippen molar-refractivity contribution >= 4 is 17.3 Å². The lowest BCUT2D eigenvalue weighted by atomic mass is 9.97. The molecule has 1 saturated heterocycles. The van der Waals surface area contributed by atoms with E-state index in [2.05, 4.69) is 24.8 Å². The van der Waals surface area contributed by atoms with Crippen LogP contribution in [0.1, 0.15) is 25.8 Å². The number of Topliss-reactive ketones (excluding diaryl/α,β-unsaturated/α-hetero) is 1. The highest BCUT2D eigenvalue weighted by atomic mass is 16.5. The molecule has 3 rings (SSSR count). The number of benzene rings is 1. The summed E-state index contributed by atoms with van der Waals surface area (Å²) in [5.41, 5.74) is 1.83. The third kappa shape index (κ3) is 3.16. The summed E-state index contributed by atoms with van der Waals surface area (Å²) in [7, 11) is 1.44. The molecule has 1 fully saturated rings. The first-order chi connectivity index (χ1) is 11.5. The minimum Gasteiger partial charge on any atom is -0.468 e. The summed E-state index contributed by atoms with van der Waals surface area (Å²) in [6.45, 7) is 5.60. The molecule has 4 nitrogen and oxygen atoms in total. The first-order valence-electron chi connectivity index (χ1n) is 8.64. The lowest BCUT2D eigenvalue weighted by Crippen LogP contribution is -2.42. The molecule has 0 N–H and O–H groups in total. The van der Waals surface area contributed by atoms with Gasteiger partial charge in [-0.1, -0.05) is 50.3 Å². The summed E-state index contributed by atoms with van der Waals surface area (Å²) < 4.78 is 4.98. The normalized spacial score (nSPS) is 24.8. The van der Waals surface area contributed by atoms with Crippen molar-refractivity contribution < 1.29 is 14.3 Å². The van der Waals surface area contributed by atoms with Crippen LogP contribution in [0.2, 0.25) is 0 Å². The SMILES string of the molecule is COC(=O)C(CC(C)C)N1CC2C=C(c3ccccc3)C(=O)C2C1. The zero-order valence-corrected chi connectivity index (χ0v) is 14.6. The van der Waals surface area contributed by atoms with Crippen LogP contribution in [0, 0.1) is 17.8 Å². The van der Waals surface area contributed by atoms with Gasteiger partial charge in [0, 0.05) is 30.5 Å². The lowest BCUT2D eigenvalue weighted by Gasteiger charge is -2.27. The second kappa shape index (κ2) is 6.89. The monoisotopic (exact) mass is 327 g/mol. The van der Waals surface area contributed by atoms with E-state index in [1.165, 1.54) is 7.11 Å². The number of rotatable bonds is 5. The number of hydrogen-bond donors (Lipinski definition) is 0. The van der Waals surface area contributed by atoms with Gasteiger partial charge in [0.05, 0.1) is 7.11 Å². The van der Waals surface area contributed by atoms with Crippen molar-refractivity contribution in [3.8, 4) is 0 Å². The molecule has 0 spiro atoms. The smallest absolute Gasteiger partial charge is 0.323 e. The summed E-state index contributed by atoms with van der Waals surface area (Å²) in [5.74, 6) is 0.595. The molecule has 4 heteroatoms. The Morgan fingerprint density at radius 2 is 1.96 bits per heavy atom. The molecule has 1 aromatic carbocycles. The maximum atomic E-state index is 12.8. The number of carbonyl (C=O) groups is 2. The topological polar surface area (TPSA) is 46.6 Å². The van der Waals surface area contributed by atoms with Gasteiger partial charge in [-0.05, 0) is 17.9 Å². The molecular weight excluding hydrogens is 302 g/mol. The van der Waals surface area contributed by atoms with E-state index >= 15 is 0 Å². The molecule has 3 atom stereocenters. The average Bonchev–Trinajstić information content (AvgIpc) is 3.12. The van der Waals surface area contributed by atoms with Gasteiger partial charge in [-0.3, -0.25) is 14.5 Å². The fourth-order valence-corrected chi connectivity index (χ4v) is 3.89. The van der Waals surface area contributed by atoms with Crippen LogP contribution in [0.4, 0.5) is 0 Å². The molecular formula is C20H25NO3. The molecule has 1 aliphatic carbocycles. The Kier molecular flexibility index (Phi) is 4.86. The van der Waals surface area contributed by atoms with Crippen LogP contribution in [-0.4, -0.2) is 42.9 Å². The second-order valence-corrected chi connectivity index (χ2v) is 7.20. The molecule has 3 unspecified atom stereocenters. The van der Waals surface area contributed by atoms with E-state index in [4.69, 9.17) is 4.74 Å². The van der Waals surface area contributed by atoms with Gasteiger partial charge in [-0.25, -0.2) is 0 Å². The molecule has 1 aromatic rings. The van der Waals surface area contributed by atoms with Crippen LogP contribution in [0.15, 0.2) is 36.4 Å². The number of methoxy groups -OCH3 is 1. The first kappa shape index (κ1) is 16.9. The van der Waals surface area contributed by atoms with Gasteiger partial charge in [0.15, 0.2) is 5.78 Å². The highest BCUT2D eigenvalue weighted by molar-refractivity contribution is 6.24. The summed E-state index contributed by atoms with van der Waals surface area (Å²) in [5, 5.41) is 0. The number of allylic oxidation sites excluding steroid dienone is 1. The van der Waals surface area contributed by atoms with Gasteiger partial charge in [0.25, 0.3) is 0 Å². The Bertz CT molecular complexity index is 650. The summed E-state index contributed by atoms with van der Waals surface area (Å²) in [4.78, 5) is 27.1. The molecule has 1 aliphatic heterocycles. The number of hydrogen-bond acceptors (Lipinski definition) is 4. The maximum Gasteiger partial charge on any atom is 0.323 e. The first-order valence-corrected chi connectivity index (χ1v) is 8.64. The van der Waals surface area contributed by atoms with Crippen molar-refractivity contribution in [3.63, 3.8) is 0 Å². The number of fused-ring (bicyclic) bond motifs is 1. The number of ether oxygens (including phenoxy) is 1. The van der Waals surface area contributed by atoms with Crippen molar-refractivity contribution in [1.82, 2.24) is 4.90 Å². The van der Waals surface area contributed by atoms with Gasteiger partial charge in [-0.2, -0.15) is 0 Å². The van der Waals surface area contributed by atoms with Gasteiger partial charge in [-0.15, -0.1) is 0 Å². The van der Waals surface area contributed by atoms with E-state index in [-0.39, 0.29) is 29.6 Å². The van der Waals surface area contributed by atoms with Crippen LogP contribution in [0.5, 0.6) is 0 Å². The molecule has 0 bridgehead atoms. The van der Waals surface area contributed by atoms with Crippen LogP contribution >= 0.6 is 0 Å². The maximum absolute atomic E-state index is 12.8. The van der Waals surface area contributed by atoms with E-state index in [1.807, 2.05) is 30.3 Å². The molecule has 2 aliphatic rings. The van der Waals surface area contributed by atoms with Crippen LogP contribution in [-0.2, 0) is 14.3 Å². The third-order valence-corrected chi connectivity index (χ3v) is 5.07. The number of carbonyl (C=O) groups excluding carboxylic acids is 2. The van der Waals surface area contributed by atoms with Gasteiger partial charge in [0.2, 0.25) is 0 Å². The van der Waals surface area contributed by atoms with E-state index in [9.17, 15) is 9.59 Å². The highest BCUT2D eigenvalue weighted by Crippen LogP contribution is 2.39. The lowest BCUT2D eigenvalue weighted by molar-refractivity contribution is -0.147. The third-order valence-electron chi connectivity index (χ3n) is 5.07. The molecule has 0 amide bonds. The zero-order chi connectivity index (χ0) is 17.3. The van der Waals surface area contributed by atoms with Crippen LogP contribution in [0.3, 0.4) is 0 Å². The summed E-state index contributed by atoms with van der Waals surface area (Å²) in [6.07, 6.45) is 2.86. The Morgan fingerprint density at radius 1 is 1.25 bits per heavy atom. The standard InChI is InChI=1S/C20H25NO3/c1-13(2)9-18(20(23)24-3)21-11-15-10-16(19(22)17(15)12-21)14-7-5-4-6-8-14/h4-8,10,13,15,17-18H,9,11-12H2,1-3H3. The van der Waals surface area contributed by atoms with Crippen LogP contribution < -0.4 is 0 Å². The number of esters is 1. The largest absolute Gasteiger partial charge is 0.468 e. The molecule has 128 valence electrons. The number of likely N-dealkylation sites (tertiary alicyclic amines) is 1. The van der Waals surface area contributed by atoms with Crippen LogP contribution in [0.25, 0.3) is 5.57 Å². The van der Waals surface area contributed by atoms with E-state index in [1.54, 1.807) is 0 Å². The second-order valence-electron chi connectivity index (χ2n) is 7.20. The Labute approximate surface area is 143 Å². The molecule has 0 aromatic heterocycles. The average molecular weight is 327 g/mol. The summed E-state index contributed by atoms with van der Waals surface area (Å²) >= 11 is 0. The Balaban J connectivity index is 1.77. The molecule has 0 saturated carbocycles. The molecule has 1 heterocycles. The van der Waals surface area contributed by atoms with E-state index in [0.29, 0.717) is 12.5 Å². The fourth-order valence-electron chi connectivity index (χ4n) is 3.89. The van der Waals surface area contributed by atoms with Gasteiger partial charge < -0.3 is 4.74 Å². The zero-order valence-electron chi connectivity index (χ0n) is 14.6. The Hall–Kier alpha value is -1.94. The minimum absolute atomic E-state index is 0.0282.